The molecule has 184 valence electrons. The highest BCUT2D eigenvalue weighted by molar-refractivity contribution is 5.75. The van der Waals surface area contributed by atoms with E-state index in [9.17, 15) is 9.90 Å². The second kappa shape index (κ2) is 9.84. The van der Waals surface area contributed by atoms with Crippen LogP contribution in [0, 0.1) is 0 Å². The third-order valence-electron chi connectivity index (χ3n) is 7.87. The number of rotatable bonds is 4. The second-order valence-electron chi connectivity index (χ2n) is 10.2. The van der Waals surface area contributed by atoms with Crippen LogP contribution in [0.1, 0.15) is 51.5 Å². The van der Waals surface area contributed by atoms with E-state index < -0.39 is 23.6 Å². The molecule has 3 aliphatic rings. The molecule has 8 heteroatoms. The molecule has 0 aromatic heterocycles. The van der Waals surface area contributed by atoms with Crippen molar-refractivity contribution in [1.82, 2.24) is 20.0 Å². The third-order valence-corrected chi connectivity index (χ3v) is 7.87. The summed E-state index contributed by atoms with van der Waals surface area (Å²) in [4.78, 5) is 19.1. The summed E-state index contributed by atoms with van der Waals surface area (Å²) >= 11 is 0. The molecular weight excluding hydrogens is 426 g/mol. The van der Waals surface area contributed by atoms with Crippen molar-refractivity contribution in [3.63, 3.8) is 0 Å². The molecule has 2 amide bonds. The molecule has 1 unspecified atom stereocenters. The Bertz CT molecular complexity index is 791. The van der Waals surface area contributed by atoms with Gasteiger partial charge >= 0.3 is 6.03 Å². The Hall–Kier alpha value is -1.77. The maximum Gasteiger partial charge on any atom is 0.317 e. The number of hydrogen-bond acceptors (Lipinski definition) is 4. The predicted molar refractivity (Wildman–Crippen MR) is 124 cm³/mol. The van der Waals surface area contributed by atoms with Crippen LogP contribution in [-0.2, 0) is 5.60 Å². The SMILES string of the molecule is CC(C)N1CCN(C2CCCC(F)(F)[C@@H]2NC(=O)N2CCC(O)(c3ccccc3)CC2)CC1. The minimum absolute atomic E-state index is 0.186. The molecule has 3 fully saturated rings. The monoisotopic (exact) mass is 464 g/mol. The summed E-state index contributed by atoms with van der Waals surface area (Å²) in [6, 6.07) is 7.93. The van der Waals surface area contributed by atoms with E-state index in [1.165, 1.54) is 0 Å². The molecule has 2 saturated heterocycles. The van der Waals surface area contributed by atoms with Crippen molar-refractivity contribution >= 4 is 6.03 Å². The molecule has 2 aliphatic heterocycles. The van der Waals surface area contributed by atoms with Crippen LogP contribution < -0.4 is 5.32 Å². The van der Waals surface area contributed by atoms with Crippen LogP contribution in [0.5, 0.6) is 0 Å². The van der Waals surface area contributed by atoms with E-state index in [1.807, 2.05) is 30.3 Å². The fraction of sp³-hybridized carbons (Fsp3) is 0.720. The van der Waals surface area contributed by atoms with Crippen molar-refractivity contribution in [3.8, 4) is 0 Å². The lowest BCUT2D eigenvalue weighted by Gasteiger charge is -2.48. The summed E-state index contributed by atoms with van der Waals surface area (Å²) in [5.41, 5.74) is -0.143. The lowest BCUT2D eigenvalue weighted by Crippen LogP contribution is -2.66. The molecule has 2 atom stereocenters. The number of amides is 2. The number of piperazine rings is 1. The molecule has 1 aliphatic carbocycles. The quantitative estimate of drug-likeness (QED) is 0.718. The van der Waals surface area contributed by atoms with Gasteiger partial charge in [0.25, 0.3) is 5.92 Å². The second-order valence-corrected chi connectivity index (χ2v) is 10.2. The lowest BCUT2D eigenvalue weighted by atomic mass is 9.84. The van der Waals surface area contributed by atoms with E-state index in [1.54, 1.807) is 4.90 Å². The summed E-state index contributed by atoms with van der Waals surface area (Å²) in [7, 11) is 0. The number of alkyl halides is 2. The molecule has 1 aromatic carbocycles. The molecule has 33 heavy (non-hydrogen) atoms. The Morgan fingerprint density at radius 3 is 2.27 bits per heavy atom. The average Bonchev–Trinajstić information content (AvgIpc) is 2.81. The van der Waals surface area contributed by atoms with Gasteiger partial charge in [-0.1, -0.05) is 30.3 Å². The van der Waals surface area contributed by atoms with Crippen LogP contribution >= 0.6 is 0 Å². The topological polar surface area (TPSA) is 59.0 Å². The number of nitrogens with one attached hydrogen (secondary N) is 1. The molecular formula is C25H38F2N4O2. The minimum atomic E-state index is -2.92. The first-order valence-corrected chi connectivity index (χ1v) is 12.4. The first kappa shape index (κ1) is 24.4. The Kier molecular flexibility index (Phi) is 7.26. The van der Waals surface area contributed by atoms with Crippen LogP contribution in [0.15, 0.2) is 30.3 Å². The molecule has 2 N–H and O–H groups in total. The summed E-state index contributed by atoms with van der Waals surface area (Å²) in [5.74, 6) is -2.92. The Balaban J connectivity index is 1.39. The van der Waals surface area contributed by atoms with Crippen LogP contribution in [-0.4, -0.2) is 89.2 Å². The molecule has 0 radical (unpaired) electrons. The number of hydrogen-bond donors (Lipinski definition) is 2. The largest absolute Gasteiger partial charge is 0.385 e. The smallest absolute Gasteiger partial charge is 0.317 e. The first-order valence-electron chi connectivity index (χ1n) is 12.4. The van der Waals surface area contributed by atoms with Gasteiger partial charge in [0.1, 0.15) is 6.04 Å². The van der Waals surface area contributed by atoms with E-state index in [-0.39, 0.29) is 12.5 Å². The van der Waals surface area contributed by atoms with Gasteiger partial charge in [-0.25, -0.2) is 13.6 Å². The number of piperidine rings is 1. The summed E-state index contributed by atoms with van der Waals surface area (Å²) in [6.45, 7) is 8.23. The van der Waals surface area contributed by atoms with Crippen molar-refractivity contribution < 1.29 is 18.7 Å². The fourth-order valence-corrected chi connectivity index (χ4v) is 5.67. The van der Waals surface area contributed by atoms with Gasteiger partial charge in [0.2, 0.25) is 0 Å². The molecule has 1 aromatic rings. The van der Waals surface area contributed by atoms with Gasteiger partial charge < -0.3 is 15.3 Å². The summed E-state index contributed by atoms with van der Waals surface area (Å²) in [5, 5.41) is 13.8. The van der Waals surface area contributed by atoms with Crippen molar-refractivity contribution in [2.75, 3.05) is 39.3 Å². The van der Waals surface area contributed by atoms with Gasteiger partial charge in [-0.05, 0) is 45.1 Å². The minimum Gasteiger partial charge on any atom is -0.385 e. The van der Waals surface area contributed by atoms with Gasteiger partial charge in [0.15, 0.2) is 0 Å². The van der Waals surface area contributed by atoms with Gasteiger partial charge in [-0.2, -0.15) is 0 Å². The molecule has 1 saturated carbocycles. The third kappa shape index (κ3) is 5.33. The van der Waals surface area contributed by atoms with Gasteiger partial charge in [0.05, 0.1) is 5.60 Å². The van der Waals surface area contributed by atoms with E-state index in [2.05, 4.69) is 29.0 Å². The van der Waals surface area contributed by atoms with Crippen LogP contribution in [0.4, 0.5) is 13.6 Å². The standard InChI is InChI=1S/C25H38F2N4O2/c1-19(2)29-15-17-30(18-16-29)21-9-6-10-25(26,27)22(21)28-23(32)31-13-11-24(33,12-14-31)20-7-4-3-5-8-20/h3-5,7-8,19,21-22,33H,6,9-18H2,1-2H3,(H,28,32)/t21?,22-/m1/s1. The molecule has 0 bridgehead atoms. The van der Waals surface area contributed by atoms with Crippen molar-refractivity contribution in [2.24, 2.45) is 0 Å². The molecule has 6 nitrogen and oxygen atoms in total. The van der Waals surface area contributed by atoms with Gasteiger partial charge in [0, 0.05) is 57.8 Å². The number of carbonyl (C=O) groups excluding carboxylic acids is 1. The zero-order valence-electron chi connectivity index (χ0n) is 19.9. The average molecular weight is 465 g/mol. The maximum absolute atomic E-state index is 15.0. The number of benzene rings is 1. The summed E-state index contributed by atoms with van der Waals surface area (Å²) in [6.07, 6.45) is 1.75. The number of aliphatic hydroxyl groups is 1. The Morgan fingerprint density at radius 1 is 1.03 bits per heavy atom. The van der Waals surface area contributed by atoms with E-state index in [0.29, 0.717) is 44.8 Å². The number of halogens is 2. The number of carbonyl (C=O) groups is 1. The zero-order valence-corrected chi connectivity index (χ0v) is 19.9. The number of nitrogens with zero attached hydrogens (tertiary/aromatic N) is 3. The lowest BCUT2D eigenvalue weighted by molar-refractivity contribution is -0.0979. The van der Waals surface area contributed by atoms with Crippen molar-refractivity contribution in [3.05, 3.63) is 35.9 Å². The highest BCUT2D eigenvalue weighted by Gasteiger charge is 2.50. The zero-order chi connectivity index (χ0) is 23.6. The van der Waals surface area contributed by atoms with Crippen molar-refractivity contribution in [1.29, 1.82) is 0 Å². The van der Waals surface area contributed by atoms with E-state index >= 15 is 8.78 Å². The highest BCUT2D eigenvalue weighted by Crippen LogP contribution is 2.37. The molecule has 4 rings (SSSR count). The molecule has 0 spiro atoms. The normalized spacial score (nSPS) is 28.6. The maximum atomic E-state index is 15.0. The first-order chi connectivity index (χ1) is 15.7. The predicted octanol–water partition coefficient (Wildman–Crippen LogP) is 3.26. The number of likely N-dealkylation sites (tertiary alicyclic amines) is 1. The van der Waals surface area contributed by atoms with E-state index in [0.717, 1.165) is 31.7 Å². The summed E-state index contributed by atoms with van der Waals surface area (Å²) < 4.78 is 30.1. The van der Waals surface area contributed by atoms with Crippen LogP contribution in [0.3, 0.4) is 0 Å². The van der Waals surface area contributed by atoms with Crippen molar-refractivity contribution in [2.45, 2.75) is 75.6 Å². The Labute approximate surface area is 195 Å². The van der Waals surface area contributed by atoms with Gasteiger partial charge in [-0.3, -0.25) is 9.80 Å². The Morgan fingerprint density at radius 2 is 1.67 bits per heavy atom. The van der Waals surface area contributed by atoms with Crippen LogP contribution in [0.2, 0.25) is 0 Å². The van der Waals surface area contributed by atoms with Gasteiger partial charge in [-0.15, -0.1) is 0 Å². The highest BCUT2D eigenvalue weighted by atomic mass is 19.3. The molecule has 2 heterocycles. The number of urea groups is 1. The fourth-order valence-electron chi connectivity index (χ4n) is 5.67. The van der Waals surface area contributed by atoms with E-state index in [4.69, 9.17) is 0 Å². The van der Waals surface area contributed by atoms with Crippen LogP contribution in [0.25, 0.3) is 0 Å².